The van der Waals surface area contributed by atoms with Crippen molar-refractivity contribution in [2.75, 3.05) is 24.6 Å². The monoisotopic (exact) mass is 946 g/mol. The second-order valence-electron chi connectivity index (χ2n) is 13.8. The van der Waals surface area contributed by atoms with Crippen molar-refractivity contribution >= 4 is 74.1 Å². The Kier molecular flexibility index (Phi) is 22.2. The van der Waals surface area contributed by atoms with Crippen LogP contribution in [0.2, 0.25) is 0 Å². The summed E-state index contributed by atoms with van der Waals surface area (Å²) >= 11 is 0. The number of nitroso groups, excluding NO2 is 1. The van der Waals surface area contributed by atoms with Gasteiger partial charge >= 0.3 is 0 Å². The number of hydrogen-bond acceptors (Lipinski definition) is 1. The first-order chi connectivity index (χ1) is 28.8. The van der Waals surface area contributed by atoms with Crippen LogP contribution in [0.25, 0.3) is 5.59 Å². The Morgan fingerprint density at radius 3 is 0.433 bits per heavy atom. The van der Waals surface area contributed by atoms with Crippen molar-refractivity contribution in [2.45, 2.75) is 0 Å². The van der Waals surface area contributed by atoms with Gasteiger partial charge in [-0.15, -0.1) is 0 Å². The first-order valence-electron chi connectivity index (χ1n) is 19.9. The number of rotatable bonds is 14. The van der Waals surface area contributed by atoms with Gasteiger partial charge in [-0.1, -0.05) is 146 Å². The minimum absolute atomic E-state index is 0. The topological polar surface area (TPSA) is 70.9 Å². The molecule has 0 heterocycles. The van der Waals surface area contributed by atoms with E-state index in [1.807, 2.05) is 0 Å². The molecule has 8 aromatic rings. The summed E-state index contributed by atoms with van der Waals surface area (Å²) in [5.74, 6) is 0. The Morgan fingerprint density at radius 2 is 0.333 bits per heavy atom. The molecule has 0 atom stereocenters. The third-order valence-corrected chi connectivity index (χ3v) is 22.5. The molecule has 0 saturated heterocycles. The van der Waals surface area contributed by atoms with E-state index < -0.39 is 31.7 Å². The van der Waals surface area contributed by atoms with Crippen molar-refractivity contribution < 1.29 is 26.5 Å². The molecule has 8 heteroatoms. The Labute approximate surface area is 376 Å². The number of nitrogens with zero attached hydrogens (tertiary/aromatic N) is 1. The predicted molar refractivity (Wildman–Crippen MR) is 272 cm³/mol. The van der Waals surface area contributed by atoms with E-state index in [4.69, 9.17) is 10.5 Å². The van der Waals surface area contributed by atoms with Crippen molar-refractivity contribution in [3.05, 3.63) is 253 Å². The van der Waals surface area contributed by atoms with Crippen molar-refractivity contribution in [3.8, 4) is 0 Å². The summed E-state index contributed by atoms with van der Waals surface area (Å²) < 4.78 is 0. The summed E-state index contributed by atoms with van der Waals surface area (Å²) in [6.07, 6.45) is 5.04. The van der Waals surface area contributed by atoms with Gasteiger partial charge in [0.05, 0.1) is 74.1 Å². The van der Waals surface area contributed by atoms with Gasteiger partial charge in [-0.2, -0.15) is 0 Å². The molecule has 0 amide bonds. The van der Waals surface area contributed by atoms with Crippen molar-refractivity contribution in [3.63, 3.8) is 0 Å². The fourth-order valence-electron chi connectivity index (χ4n) is 7.44. The summed E-state index contributed by atoms with van der Waals surface area (Å²) in [5, 5.41) is 12.1. The fourth-order valence-corrected chi connectivity index (χ4v) is 19.8. The van der Waals surface area contributed by atoms with Gasteiger partial charge in [-0.05, 0) is 97.1 Å². The SMILES string of the molecule is O.[Mo].[N-]=O.c1ccc([PH+](CC[PH+](c2ccccc2)c2ccccc2)c2ccccc2)cc1.c1ccc([PH+](CC[PH+](c2ccccc2)c2ccccc2)c2ccccc2)cc1. The van der Waals surface area contributed by atoms with Crippen molar-refractivity contribution in [1.82, 2.24) is 0 Å². The van der Waals surface area contributed by atoms with Crippen LogP contribution in [0.1, 0.15) is 0 Å². The molecule has 0 aromatic heterocycles. The molecule has 8 rings (SSSR count). The van der Waals surface area contributed by atoms with E-state index in [1.54, 1.807) is 0 Å². The molecule has 8 aromatic carbocycles. The van der Waals surface area contributed by atoms with E-state index in [-0.39, 0.29) is 26.5 Å². The second kappa shape index (κ2) is 27.5. The van der Waals surface area contributed by atoms with E-state index in [0.717, 1.165) is 0 Å². The van der Waals surface area contributed by atoms with Crippen molar-refractivity contribution in [2.24, 2.45) is 0 Å². The molecule has 302 valence electrons. The van der Waals surface area contributed by atoms with Gasteiger partial charge in [0, 0.05) is 21.1 Å². The zero-order chi connectivity index (χ0) is 40.0. The van der Waals surface area contributed by atoms with Gasteiger partial charge in [0.1, 0.15) is 24.6 Å². The van der Waals surface area contributed by atoms with Crippen LogP contribution in [-0.4, -0.2) is 30.1 Å². The average molecular weight is 945 g/mol. The maximum absolute atomic E-state index is 7.25. The standard InChI is InChI=1S/2C26H24P2.Mo.NO.H2O/c2*1-5-13-23(14-6-1)27(24-15-7-2-8-16-24)21-22-28(25-17-9-3-10-18-25)26-19-11-4-12-20-26;;1-2;/h2*1-20H,21-22H2;;;1H2/q;;;-1;/p+4. The van der Waals surface area contributed by atoms with Crippen LogP contribution in [0.15, 0.2) is 243 Å². The molecule has 60 heavy (non-hydrogen) atoms. The molecular weight excluding hydrogens is 890 g/mol. The van der Waals surface area contributed by atoms with Gasteiger partial charge in [-0.3, -0.25) is 0 Å². The smallest absolute Gasteiger partial charge is 0.101 e. The Bertz CT molecular complexity index is 1800. The average Bonchev–Trinajstić information content (AvgIpc) is 3.32. The Morgan fingerprint density at radius 1 is 0.233 bits per heavy atom. The van der Waals surface area contributed by atoms with Crippen molar-refractivity contribution in [1.29, 1.82) is 0 Å². The molecule has 0 radical (unpaired) electrons. The maximum Gasteiger partial charge on any atom is 0.101 e. The van der Waals surface area contributed by atoms with Crippen LogP contribution >= 0.6 is 31.7 Å². The molecule has 0 aliphatic carbocycles. The molecule has 0 spiro atoms. The zero-order valence-electron chi connectivity index (χ0n) is 33.7. The summed E-state index contributed by atoms with van der Waals surface area (Å²) in [5.41, 5.74) is 5.75. The molecule has 0 bridgehead atoms. The van der Waals surface area contributed by atoms with Crippen LogP contribution in [-0.2, 0) is 21.1 Å². The van der Waals surface area contributed by atoms with Gasteiger partial charge < -0.3 is 16.0 Å². The molecular formula is C52H54MoNO2P4+3. The van der Waals surface area contributed by atoms with Crippen LogP contribution in [0.4, 0.5) is 0 Å². The van der Waals surface area contributed by atoms with Gasteiger partial charge in [0.25, 0.3) is 0 Å². The molecule has 2 N–H and O–H groups in total. The van der Waals surface area contributed by atoms with Gasteiger partial charge in [0.15, 0.2) is 0 Å². The summed E-state index contributed by atoms with van der Waals surface area (Å²) in [6, 6.07) is 89.0. The van der Waals surface area contributed by atoms with Gasteiger partial charge in [0.2, 0.25) is 0 Å². The predicted octanol–water partition coefficient (Wildman–Crippen LogP) is 8.93. The third kappa shape index (κ3) is 14.4. The minimum atomic E-state index is -0.783. The van der Waals surface area contributed by atoms with E-state index in [1.165, 1.54) is 67.1 Å². The summed E-state index contributed by atoms with van der Waals surface area (Å²) in [7, 11) is -3.13. The van der Waals surface area contributed by atoms with Crippen LogP contribution < -0.4 is 42.4 Å². The van der Waals surface area contributed by atoms with E-state index in [0.29, 0.717) is 0 Å². The van der Waals surface area contributed by atoms with Crippen LogP contribution in [0.5, 0.6) is 0 Å². The van der Waals surface area contributed by atoms with Crippen LogP contribution in [0.3, 0.4) is 0 Å². The quantitative estimate of drug-likeness (QED) is 0.0794. The summed E-state index contributed by atoms with van der Waals surface area (Å²) in [4.78, 5) is 7.25. The molecule has 0 aliphatic heterocycles. The molecule has 3 nitrogen and oxygen atoms in total. The molecule has 0 unspecified atom stereocenters. The van der Waals surface area contributed by atoms with E-state index in [9.17, 15) is 0 Å². The maximum atomic E-state index is 7.25. The normalized spacial score (nSPS) is 10.4. The Balaban J connectivity index is 0.000000246. The largest absolute Gasteiger partial charge is 0.577 e. The van der Waals surface area contributed by atoms with Gasteiger partial charge in [-0.25, -0.2) is 0 Å². The Hall–Kier alpha value is -4.27. The first-order valence-corrected chi connectivity index (χ1v) is 26.7. The first kappa shape index (κ1) is 48.4. The fraction of sp³-hybridized carbons (Fsp3) is 0.0769. The molecule has 0 fully saturated rings. The molecule has 0 saturated carbocycles. The third-order valence-electron chi connectivity index (χ3n) is 10.2. The number of benzene rings is 8. The number of hydrogen-bond donors (Lipinski definition) is 0. The van der Waals surface area contributed by atoms with Crippen LogP contribution in [0, 0.1) is 4.91 Å². The zero-order valence-corrected chi connectivity index (χ0v) is 39.7. The van der Waals surface area contributed by atoms with E-state index in [2.05, 4.69) is 243 Å². The summed E-state index contributed by atoms with van der Waals surface area (Å²) in [6.45, 7) is 0. The molecule has 0 aliphatic rings. The minimum Gasteiger partial charge on any atom is -0.577 e. The second-order valence-corrected chi connectivity index (χ2v) is 24.3. The van der Waals surface area contributed by atoms with E-state index >= 15 is 0 Å².